The molecular formula is C11H11N5S. The fourth-order valence-electron chi connectivity index (χ4n) is 1.66. The number of nitrogens with zero attached hydrogens (tertiary/aromatic N) is 4. The van der Waals surface area contributed by atoms with Gasteiger partial charge in [-0.3, -0.25) is 4.68 Å². The van der Waals surface area contributed by atoms with Gasteiger partial charge in [0.15, 0.2) is 0 Å². The zero-order valence-electron chi connectivity index (χ0n) is 9.24. The average molecular weight is 245 g/mol. The lowest BCUT2D eigenvalue weighted by molar-refractivity contribution is 0.765. The Morgan fingerprint density at radius 3 is 3.06 bits per heavy atom. The van der Waals surface area contributed by atoms with Gasteiger partial charge in [0.2, 0.25) is 0 Å². The van der Waals surface area contributed by atoms with Crippen molar-refractivity contribution in [3.05, 3.63) is 41.3 Å². The van der Waals surface area contributed by atoms with Crippen LogP contribution in [0.5, 0.6) is 0 Å². The lowest BCUT2D eigenvalue weighted by Gasteiger charge is -2.03. The van der Waals surface area contributed by atoms with Gasteiger partial charge in [-0.05, 0) is 12.1 Å². The Bertz CT molecular complexity index is 623. The molecule has 5 nitrogen and oxygen atoms in total. The molecular weight excluding hydrogens is 234 g/mol. The minimum atomic E-state index is -0.233. The molecule has 3 aromatic heterocycles. The summed E-state index contributed by atoms with van der Waals surface area (Å²) in [6.45, 7) is 0. The number of nitrogens with two attached hydrogens (primary N) is 1. The van der Waals surface area contributed by atoms with E-state index in [1.54, 1.807) is 17.1 Å². The lowest BCUT2D eigenvalue weighted by atomic mass is 10.2. The van der Waals surface area contributed by atoms with Gasteiger partial charge in [-0.25, -0.2) is 9.97 Å². The number of hydrogen-bond acceptors (Lipinski definition) is 5. The van der Waals surface area contributed by atoms with E-state index in [0.717, 1.165) is 20.9 Å². The second-order valence-electron chi connectivity index (χ2n) is 3.80. The molecule has 0 amide bonds. The molecule has 86 valence electrons. The molecule has 2 N–H and O–H groups in total. The largest absolute Gasteiger partial charge is 0.318 e. The molecule has 0 bridgehead atoms. The topological polar surface area (TPSA) is 69.6 Å². The van der Waals surface area contributed by atoms with E-state index >= 15 is 0 Å². The van der Waals surface area contributed by atoms with E-state index < -0.39 is 0 Å². The summed E-state index contributed by atoms with van der Waals surface area (Å²) in [4.78, 5) is 9.67. The van der Waals surface area contributed by atoms with E-state index in [0.29, 0.717) is 0 Å². The van der Waals surface area contributed by atoms with Gasteiger partial charge in [-0.2, -0.15) is 5.10 Å². The quantitative estimate of drug-likeness (QED) is 0.742. The van der Waals surface area contributed by atoms with E-state index in [2.05, 4.69) is 15.1 Å². The van der Waals surface area contributed by atoms with Gasteiger partial charge in [0.1, 0.15) is 15.4 Å². The molecule has 0 aliphatic heterocycles. The molecule has 0 saturated heterocycles. The molecule has 3 heterocycles. The summed E-state index contributed by atoms with van der Waals surface area (Å²) in [6.07, 6.45) is 5.44. The second-order valence-corrected chi connectivity index (χ2v) is 4.81. The van der Waals surface area contributed by atoms with Gasteiger partial charge < -0.3 is 5.73 Å². The minimum absolute atomic E-state index is 0.233. The van der Waals surface area contributed by atoms with E-state index in [9.17, 15) is 0 Å². The Hall–Kier alpha value is -1.79. The zero-order chi connectivity index (χ0) is 11.8. The maximum atomic E-state index is 6.16. The van der Waals surface area contributed by atoms with Crippen molar-refractivity contribution in [3.8, 4) is 0 Å². The summed E-state index contributed by atoms with van der Waals surface area (Å²) in [6, 6.07) is 3.59. The maximum Gasteiger partial charge on any atom is 0.143 e. The third-order valence-corrected chi connectivity index (χ3v) is 3.60. The van der Waals surface area contributed by atoms with Gasteiger partial charge in [-0.1, -0.05) is 11.3 Å². The number of thiazole rings is 1. The van der Waals surface area contributed by atoms with Crippen LogP contribution in [-0.4, -0.2) is 19.7 Å². The summed E-state index contributed by atoms with van der Waals surface area (Å²) in [7, 11) is 1.87. The standard InChI is InChI=1S/C11H11N5S/c1-16-6-7(5-14-16)9(12)11-15-8-3-2-4-13-10(8)17-11/h2-6,9H,12H2,1H3. The number of pyridine rings is 1. The number of fused-ring (bicyclic) bond motifs is 1. The molecule has 6 heteroatoms. The van der Waals surface area contributed by atoms with Crippen molar-refractivity contribution >= 4 is 21.7 Å². The van der Waals surface area contributed by atoms with Crippen LogP contribution < -0.4 is 5.73 Å². The van der Waals surface area contributed by atoms with E-state index in [-0.39, 0.29) is 6.04 Å². The Kier molecular flexibility index (Phi) is 2.38. The average Bonchev–Trinajstić information content (AvgIpc) is 2.93. The van der Waals surface area contributed by atoms with Crippen LogP contribution in [0.2, 0.25) is 0 Å². The smallest absolute Gasteiger partial charge is 0.143 e. The Morgan fingerprint density at radius 2 is 2.35 bits per heavy atom. The van der Waals surface area contributed by atoms with Gasteiger partial charge in [0, 0.05) is 25.0 Å². The van der Waals surface area contributed by atoms with Gasteiger partial charge in [-0.15, -0.1) is 0 Å². The molecule has 1 unspecified atom stereocenters. The molecule has 0 aliphatic carbocycles. The summed E-state index contributed by atoms with van der Waals surface area (Å²) < 4.78 is 1.74. The predicted molar refractivity (Wildman–Crippen MR) is 66.7 cm³/mol. The molecule has 0 aliphatic rings. The van der Waals surface area contributed by atoms with E-state index in [4.69, 9.17) is 5.73 Å². The van der Waals surface area contributed by atoms with Gasteiger partial charge in [0.05, 0.1) is 12.2 Å². The Morgan fingerprint density at radius 1 is 1.47 bits per heavy atom. The first kappa shape index (κ1) is 10.4. The third kappa shape index (κ3) is 1.81. The Labute approximate surface area is 102 Å². The molecule has 0 fully saturated rings. The van der Waals surface area contributed by atoms with Crippen molar-refractivity contribution in [2.75, 3.05) is 0 Å². The van der Waals surface area contributed by atoms with Crippen LogP contribution in [0.25, 0.3) is 10.3 Å². The SMILES string of the molecule is Cn1cc(C(N)c2nc3cccnc3s2)cn1. The van der Waals surface area contributed by atoms with E-state index in [1.807, 2.05) is 25.4 Å². The van der Waals surface area contributed by atoms with Crippen LogP contribution in [0, 0.1) is 0 Å². The molecule has 0 radical (unpaired) electrons. The molecule has 0 saturated carbocycles. The van der Waals surface area contributed by atoms with Crippen molar-refractivity contribution < 1.29 is 0 Å². The van der Waals surface area contributed by atoms with Crippen LogP contribution in [0.3, 0.4) is 0 Å². The highest BCUT2D eigenvalue weighted by atomic mass is 32.1. The fraction of sp³-hybridized carbons (Fsp3) is 0.182. The summed E-state index contributed by atoms with van der Waals surface area (Å²) in [5, 5.41) is 4.98. The number of rotatable bonds is 2. The van der Waals surface area contributed by atoms with E-state index in [1.165, 1.54) is 11.3 Å². The highest BCUT2D eigenvalue weighted by Gasteiger charge is 2.15. The third-order valence-electron chi connectivity index (χ3n) is 2.53. The van der Waals surface area contributed by atoms with Crippen LogP contribution in [0.1, 0.15) is 16.6 Å². The predicted octanol–water partition coefficient (Wildman–Crippen LogP) is 1.47. The maximum absolute atomic E-state index is 6.16. The monoisotopic (exact) mass is 245 g/mol. The van der Waals surface area contributed by atoms with Crippen LogP contribution >= 0.6 is 11.3 Å². The van der Waals surface area contributed by atoms with Crippen LogP contribution in [0.4, 0.5) is 0 Å². The minimum Gasteiger partial charge on any atom is -0.318 e. The summed E-state index contributed by atoms with van der Waals surface area (Å²) in [5.74, 6) is 0. The van der Waals surface area contributed by atoms with Crippen molar-refractivity contribution in [1.82, 2.24) is 19.7 Å². The zero-order valence-corrected chi connectivity index (χ0v) is 10.1. The van der Waals surface area contributed by atoms with Crippen molar-refractivity contribution in [1.29, 1.82) is 0 Å². The van der Waals surface area contributed by atoms with Crippen molar-refractivity contribution in [2.45, 2.75) is 6.04 Å². The van der Waals surface area contributed by atoms with Crippen molar-refractivity contribution in [3.63, 3.8) is 0 Å². The molecule has 3 rings (SSSR count). The molecule has 17 heavy (non-hydrogen) atoms. The first-order valence-corrected chi connectivity index (χ1v) is 6.01. The lowest BCUT2D eigenvalue weighted by Crippen LogP contribution is -2.10. The highest BCUT2D eigenvalue weighted by molar-refractivity contribution is 7.18. The van der Waals surface area contributed by atoms with Crippen molar-refractivity contribution in [2.24, 2.45) is 12.8 Å². The highest BCUT2D eigenvalue weighted by Crippen LogP contribution is 2.26. The molecule has 0 aromatic carbocycles. The normalized spacial score (nSPS) is 13.1. The molecule has 0 spiro atoms. The first-order valence-electron chi connectivity index (χ1n) is 5.19. The Balaban J connectivity index is 2.03. The van der Waals surface area contributed by atoms with Crippen LogP contribution in [-0.2, 0) is 7.05 Å². The van der Waals surface area contributed by atoms with Crippen LogP contribution in [0.15, 0.2) is 30.7 Å². The molecule has 3 aromatic rings. The van der Waals surface area contributed by atoms with Gasteiger partial charge >= 0.3 is 0 Å². The summed E-state index contributed by atoms with van der Waals surface area (Å²) in [5.41, 5.74) is 8.02. The fourth-order valence-corrected chi connectivity index (χ4v) is 2.60. The number of aromatic nitrogens is 4. The number of aryl methyl sites for hydroxylation is 1. The summed E-state index contributed by atoms with van der Waals surface area (Å²) >= 11 is 1.53. The first-order chi connectivity index (χ1) is 8.24. The van der Waals surface area contributed by atoms with Gasteiger partial charge in [0.25, 0.3) is 0 Å². The number of hydrogen-bond donors (Lipinski definition) is 1. The second kappa shape index (κ2) is 3.90. The molecule has 1 atom stereocenters.